The van der Waals surface area contributed by atoms with Gasteiger partial charge in [-0.15, -0.1) is 0 Å². The first kappa shape index (κ1) is 15.1. The highest BCUT2D eigenvalue weighted by Crippen LogP contribution is 2.23. The molecule has 1 aliphatic rings. The van der Waals surface area contributed by atoms with Crippen LogP contribution in [0, 0.1) is 0 Å². The van der Waals surface area contributed by atoms with E-state index in [0.29, 0.717) is 28.7 Å². The van der Waals surface area contributed by atoms with Gasteiger partial charge < -0.3 is 9.80 Å². The van der Waals surface area contributed by atoms with Gasteiger partial charge in [0.1, 0.15) is 5.82 Å². The van der Waals surface area contributed by atoms with Crippen LogP contribution in [-0.2, 0) is 0 Å². The molecule has 1 aliphatic heterocycles. The number of anilines is 1. The van der Waals surface area contributed by atoms with Gasteiger partial charge in [-0.25, -0.2) is 4.98 Å². The van der Waals surface area contributed by atoms with E-state index in [1.165, 1.54) is 0 Å². The topological polar surface area (TPSA) is 36.4 Å². The Bertz CT molecular complexity index is 670. The van der Waals surface area contributed by atoms with Crippen molar-refractivity contribution in [3.63, 3.8) is 0 Å². The number of amides is 1. The van der Waals surface area contributed by atoms with Gasteiger partial charge in [-0.2, -0.15) is 0 Å². The number of benzene rings is 1. The van der Waals surface area contributed by atoms with Gasteiger partial charge >= 0.3 is 0 Å². The summed E-state index contributed by atoms with van der Waals surface area (Å²) in [6, 6.07) is 10.8. The summed E-state index contributed by atoms with van der Waals surface area (Å²) >= 11 is 11.9. The molecule has 2 aromatic rings. The molecule has 2 heterocycles. The molecule has 22 heavy (non-hydrogen) atoms. The second-order valence-electron chi connectivity index (χ2n) is 5.10. The van der Waals surface area contributed by atoms with Crippen LogP contribution in [0.25, 0.3) is 0 Å². The second kappa shape index (κ2) is 6.55. The quantitative estimate of drug-likeness (QED) is 0.844. The van der Waals surface area contributed by atoms with E-state index in [9.17, 15) is 4.79 Å². The number of hydrogen-bond acceptors (Lipinski definition) is 3. The van der Waals surface area contributed by atoms with Crippen LogP contribution < -0.4 is 4.90 Å². The summed E-state index contributed by atoms with van der Waals surface area (Å²) in [7, 11) is 0. The molecular weight excluding hydrogens is 321 g/mol. The zero-order valence-electron chi connectivity index (χ0n) is 11.9. The second-order valence-corrected chi connectivity index (χ2v) is 5.91. The number of carbonyl (C=O) groups is 1. The maximum absolute atomic E-state index is 12.5. The number of hydrogen-bond donors (Lipinski definition) is 0. The Hall–Kier alpha value is -1.78. The van der Waals surface area contributed by atoms with Crippen molar-refractivity contribution in [2.45, 2.75) is 0 Å². The SMILES string of the molecule is O=C(c1ccc(Cl)c(Cl)c1)N1CCN(c2ccccn2)CC1. The maximum Gasteiger partial charge on any atom is 0.254 e. The Morgan fingerprint density at radius 2 is 1.77 bits per heavy atom. The van der Waals surface area contributed by atoms with Crippen LogP contribution in [0.1, 0.15) is 10.4 Å². The van der Waals surface area contributed by atoms with Gasteiger partial charge in [-0.1, -0.05) is 29.3 Å². The molecule has 1 fully saturated rings. The molecule has 1 amide bonds. The molecule has 6 heteroatoms. The predicted octanol–water partition coefficient (Wildman–Crippen LogP) is 3.35. The average molecular weight is 336 g/mol. The molecule has 1 saturated heterocycles. The van der Waals surface area contributed by atoms with E-state index in [1.807, 2.05) is 23.1 Å². The van der Waals surface area contributed by atoms with Crippen molar-refractivity contribution in [3.8, 4) is 0 Å². The molecule has 3 rings (SSSR count). The van der Waals surface area contributed by atoms with Crippen LogP contribution in [0.4, 0.5) is 5.82 Å². The first-order valence-corrected chi connectivity index (χ1v) is 7.81. The van der Waals surface area contributed by atoms with Crippen LogP contribution in [0.15, 0.2) is 42.6 Å². The standard InChI is InChI=1S/C16H15Cl2N3O/c17-13-5-4-12(11-14(13)18)16(22)21-9-7-20(8-10-21)15-3-1-2-6-19-15/h1-6,11H,7-10H2. The van der Waals surface area contributed by atoms with Gasteiger partial charge in [0.05, 0.1) is 10.0 Å². The Labute approximate surface area is 139 Å². The number of aromatic nitrogens is 1. The van der Waals surface area contributed by atoms with Crippen LogP contribution in [-0.4, -0.2) is 42.0 Å². The van der Waals surface area contributed by atoms with Crippen molar-refractivity contribution >= 4 is 34.9 Å². The highest BCUT2D eigenvalue weighted by atomic mass is 35.5. The Balaban J connectivity index is 1.66. The molecule has 0 unspecified atom stereocenters. The fraction of sp³-hybridized carbons (Fsp3) is 0.250. The van der Waals surface area contributed by atoms with Crippen molar-refractivity contribution in [1.29, 1.82) is 0 Å². The average Bonchev–Trinajstić information content (AvgIpc) is 2.58. The van der Waals surface area contributed by atoms with E-state index in [1.54, 1.807) is 24.4 Å². The molecule has 0 bridgehead atoms. The number of halogens is 2. The number of piperazine rings is 1. The largest absolute Gasteiger partial charge is 0.353 e. The third-order valence-corrected chi connectivity index (χ3v) is 4.45. The number of nitrogens with zero attached hydrogens (tertiary/aromatic N) is 3. The monoisotopic (exact) mass is 335 g/mol. The van der Waals surface area contributed by atoms with Gasteiger partial charge in [0.2, 0.25) is 0 Å². The lowest BCUT2D eigenvalue weighted by atomic mass is 10.2. The first-order valence-electron chi connectivity index (χ1n) is 7.05. The van der Waals surface area contributed by atoms with E-state index in [4.69, 9.17) is 23.2 Å². The van der Waals surface area contributed by atoms with Gasteiger partial charge in [-0.3, -0.25) is 4.79 Å². The Kier molecular flexibility index (Phi) is 4.50. The van der Waals surface area contributed by atoms with Crippen molar-refractivity contribution in [2.24, 2.45) is 0 Å². The number of rotatable bonds is 2. The van der Waals surface area contributed by atoms with Crippen LogP contribution >= 0.6 is 23.2 Å². The van der Waals surface area contributed by atoms with Crippen LogP contribution in [0.3, 0.4) is 0 Å². The molecule has 0 saturated carbocycles. The fourth-order valence-corrected chi connectivity index (χ4v) is 2.79. The van der Waals surface area contributed by atoms with Crippen molar-refractivity contribution in [2.75, 3.05) is 31.1 Å². The summed E-state index contributed by atoms with van der Waals surface area (Å²) in [5.41, 5.74) is 0.570. The highest BCUT2D eigenvalue weighted by Gasteiger charge is 2.23. The number of pyridine rings is 1. The van der Waals surface area contributed by atoms with Gasteiger partial charge in [0, 0.05) is 37.9 Å². The number of carbonyl (C=O) groups excluding carboxylic acids is 1. The first-order chi connectivity index (χ1) is 10.6. The maximum atomic E-state index is 12.5. The lowest BCUT2D eigenvalue weighted by Crippen LogP contribution is -2.49. The molecular formula is C16H15Cl2N3O. The normalized spacial score (nSPS) is 15.0. The highest BCUT2D eigenvalue weighted by molar-refractivity contribution is 6.42. The summed E-state index contributed by atoms with van der Waals surface area (Å²) in [6.45, 7) is 2.86. The Morgan fingerprint density at radius 1 is 1.00 bits per heavy atom. The van der Waals surface area contributed by atoms with E-state index >= 15 is 0 Å². The van der Waals surface area contributed by atoms with Gasteiger partial charge in [0.15, 0.2) is 0 Å². The third kappa shape index (κ3) is 3.18. The molecule has 4 nitrogen and oxygen atoms in total. The summed E-state index contributed by atoms with van der Waals surface area (Å²) in [5, 5.41) is 0.859. The lowest BCUT2D eigenvalue weighted by molar-refractivity contribution is 0.0746. The molecule has 0 N–H and O–H groups in total. The van der Waals surface area contributed by atoms with Gasteiger partial charge in [0.25, 0.3) is 5.91 Å². The zero-order valence-corrected chi connectivity index (χ0v) is 13.4. The van der Waals surface area contributed by atoms with E-state index in [2.05, 4.69) is 9.88 Å². The molecule has 1 aromatic carbocycles. The smallest absolute Gasteiger partial charge is 0.254 e. The molecule has 114 valence electrons. The van der Waals surface area contributed by atoms with E-state index < -0.39 is 0 Å². The summed E-state index contributed by atoms with van der Waals surface area (Å²) in [5.74, 6) is 0.934. The van der Waals surface area contributed by atoms with E-state index in [0.717, 1.165) is 18.9 Å². The molecule has 0 spiro atoms. The molecule has 0 atom stereocenters. The molecule has 1 aromatic heterocycles. The summed E-state index contributed by atoms with van der Waals surface area (Å²) in [4.78, 5) is 20.9. The minimum Gasteiger partial charge on any atom is -0.353 e. The zero-order chi connectivity index (χ0) is 15.5. The fourth-order valence-electron chi connectivity index (χ4n) is 2.49. The van der Waals surface area contributed by atoms with Crippen molar-refractivity contribution in [1.82, 2.24) is 9.88 Å². The predicted molar refractivity (Wildman–Crippen MR) is 88.8 cm³/mol. The lowest BCUT2D eigenvalue weighted by Gasteiger charge is -2.35. The van der Waals surface area contributed by atoms with E-state index in [-0.39, 0.29) is 5.91 Å². The summed E-state index contributed by atoms with van der Waals surface area (Å²) in [6.07, 6.45) is 1.78. The minimum atomic E-state index is -0.0146. The van der Waals surface area contributed by atoms with Crippen LogP contribution in [0.2, 0.25) is 10.0 Å². The minimum absolute atomic E-state index is 0.0146. The summed E-state index contributed by atoms with van der Waals surface area (Å²) < 4.78 is 0. The third-order valence-electron chi connectivity index (χ3n) is 3.71. The van der Waals surface area contributed by atoms with Crippen LogP contribution in [0.5, 0.6) is 0 Å². The molecule has 0 aliphatic carbocycles. The van der Waals surface area contributed by atoms with Crippen molar-refractivity contribution in [3.05, 3.63) is 58.2 Å². The van der Waals surface area contributed by atoms with Gasteiger partial charge in [-0.05, 0) is 30.3 Å². The Morgan fingerprint density at radius 3 is 2.41 bits per heavy atom. The van der Waals surface area contributed by atoms with Crippen molar-refractivity contribution < 1.29 is 4.79 Å². The molecule has 0 radical (unpaired) electrons.